The van der Waals surface area contributed by atoms with Crippen molar-refractivity contribution < 1.29 is 24.2 Å². The molecule has 1 aliphatic rings. The average molecular weight is 350 g/mol. The zero-order chi connectivity index (χ0) is 17.9. The first-order valence-corrected chi connectivity index (χ1v) is 8.25. The summed E-state index contributed by atoms with van der Waals surface area (Å²) in [4.78, 5) is 7.27. The van der Waals surface area contributed by atoms with E-state index in [-0.39, 0.29) is 6.61 Å². The Morgan fingerprint density at radius 1 is 1.24 bits per heavy atom. The molecule has 138 valence electrons. The third-order valence-electron chi connectivity index (χ3n) is 3.76. The largest absolute Gasteiger partial charge is 0.493 e. The maximum Gasteiger partial charge on any atom is 0.161 e. The van der Waals surface area contributed by atoms with E-state index in [0.717, 1.165) is 18.7 Å². The lowest BCUT2D eigenvalue weighted by Crippen LogP contribution is -2.42. The highest BCUT2D eigenvalue weighted by Gasteiger charge is 2.14. The van der Waals surface area contributed by atoms with Gasteiger partial charge < -0.3 is 24.2 Å². The van der Waals surface area contributed by atoms with E-state index in [1.807, 2.05) is 24.3 Å². The van der Waals surface area contributed by atoms with Crippen molar-refractivity contribution >= 4 is 12.3 Å². The van der Waals surface area contributed by atoms with E-state index in [2.05, 4.69) is 10.1 Å². The molecule has 2 rings (SSSR count). The number of β-amino-alcohol motifs (C(OH)–C–C–N with tert-alkyl or cyclic N) is 1. The normalized spacial score (nSPS) is 17.1. The number of benzene rings is 1. The standard InChI is InChI=1S/C18H26N2O5/c1-22-17-6-5-15(12-18(17)23-2)4-3-7-19-25-14-16(21)13-20-8-10-24-11-9-20/h3-7,12,16,21H,8-11,13-14H2,1-2H3/b4-3+,19-7+. The number of ether oxygens (including phenoxy) is 3. The molecular weight excluding hydrogens is 324 g/mol. The van der Waals surface area contributed by atoms with Gasteiger partial charge in [0.15, 0.2) is 11.5 Å². The highest BCUT2D eigenvalue weighted by Crippen LogP contribution is 2.27. The highest BCUT2D eigenvalue weighted by atomic mass is 16.6. The number of hydrogen-bond acceptors (Lipinski definition) is 7. The second-order valence-electron chi connectivity index (χ2n) is 5.59. The lowest BCUT2D eigenvalue weighted by atomic mass is 10.2. The third kappa shape index (κ3) is 6.74. The summed E-state index contributed by atoms with van der Waals surface area (Å²) in [6.45, 7) is 3.85. The summed E-state index contributed by atoms with van der Waals surface area (Å²) < 4.78 is 15.7. The molecule has 1 aliphatic heterocycles. The summed E-state index contributed by atoms with van der Waals surface area (Å²) in [5.74, 6) is 1.36. The monoisotopic (exact) mass is 350 g/mol. The summed E-state index contributed by atoms with van der Waals surface area (Å²) >= 11 is 0. The minimum Gasteiger partial charge on any atom is -0.493 e. The molecule has 1 aromatic carbocycles. The summed E-state index contributed by atoms with van der Waals surface area (Å²) in [5, 5.41) is 13.7. The number of morpholine rings is 1. The van der Waals surface area contributed by atoms with Gasteiger partial charge in [-0.3, -0.25) is 4.90 Å². The molecule has 0 radical (unpaired) electrons. The molecule has 0 spiro atoms. The Kier molecular flexibility index (Phi) is 8.24. The number of aliphatic hydroxyl groups is 1. The Morgan fingerprint density at radius 3 is 2.72 bits per heavy atom. The minimum absolute atomic E-state index is 0.165. The fourth-order valence-electron chi connectivity index (χ4n) is 2.45. The fraction of sp³-hybridized carbons (Fsp3) is 0.500. The quantitative estimate of drug-likeness (QED) is 0.536. The van der Waals surface area contributed by atoms with Crippen LogP contribution in [0, 0.1) is 0 Å². The van der Waals surface area contributed by atoms with E-state index in [0.29, 0.717) is 31.3 Å². The second kappa shape index (κ2) is 10.7. The highest BCUT2D eigenvalue weighted by molar-refractivity contribution is 5.78. The number of oxime groups is 1. The van der Waals surface area contributed by atoms with Crippen LogP contribution in [-0.4, -0.2) is 76.0 Å². The summed E-state index contributed by atoms with van der Waals surface area (Å²) in [6, 6.07) is 5.63. The summed E-state index contributed by atoms with van der Waals surface area (Å²) in [7, 11) is 3.20. The van der Waals surface area contributed by atoms with Crippen LogP contribution in [0.5, 0.6) is 11.5 Å². The van der Waals surface area contributed by atoms with Gasteiger partial charge in [-0.1, -0.05) is 17.3 Å². The number of rotatable bonds is 9. The number of nitrogens with zero attached hydrogens (tertiary/aromatic N) is 2. The smallest absolute Gasteiger partial charge is 0.161 e. The molecule has 1 aromatic rings. The fourth-order valence-corrected chi connectivity index (χ4v) is 2.45. The second-order valence-corrected chi connectivity index (χ2v) is 5.59. The SMILES string of the molecule is COc1ccc(/C=C/C=N/OCC(O)CN2CCOCC2)cc1OC. The van der Waals surface area contributed by atoms with E-state index in [9.17, 15) is 5.11 Å². The molecule has 1 heterocycles. The molecule has 1 atom stereocenters. The van der Waals surface area contributed by atoms with Crippen molar-refractivity contribution in [3.05, 3.63) is 29.8 Å². The Hall–Kier alpha value is -2.09. The van der Waals surface area contributed by atoms with Crippen LogP contribution in [-0.2, 0) is 9.57 Å². The van der Waals surface area contributed by atoms with Crippen LogP contribution in [0.4, 0.5) is 0 Å². The minimum atomic E-state index is -0.565. The van der Waals surface area contributed by atoms with Gasteiger partial charge in [-0.15, -0.1) is 0 Å². The van der Waals surface area contributed by atoms with Crippen LogP contribution in [0.3, 0.4) is 0 Å². The Balaban J connectivity index is 1.70. The van der Waals surface area contributed by atoms with Crippen LogP contribution in [0.2, 0.25) is 0 Å². The number of allylic oxidation sites excluding steroid dienone is 1. The van der Waals surface area contributed by atoms with E-state index >= 15 is 0 Å². The molecule has 25 heavy (non-hydrogen) atoms. The van der Waals surface area contributed by atoms with Crippen molar-refractivity contribution in [2.75, 3.05) is 53.7 Å². The van der Waals surface area contributed by atoms with Crippen LogP contribution >= 0.6 is 0 Å². The Labute approximate surface area is 148 Å². The maximum atomic E-state index is 9.92. The molecule has 1 unspecified atom stereocenters. The van der Waals surface area contributed by atoms with Crippen molar-refractivity contribution in [2.24, 2.45) is 5.16 Å². The Bertz CT molecular complexity index is 571. The molecular formula is C18H26N2O5. The molecule has 1 N–H and O–H groups in total. The number of methoxy groups -OCH3 is 2. The van der Waals surface area contributed by atoms with Crippen molar-refractivity contribution in [2.45, 2.75) is 6.10 Å². The van der Waals surface area contributed by atoms with Crippen LogP contribution < -0.4 is 9.47 Å². The zero-order valence-electron chi connectivity index (χ0n) is 14.8. The summed E-state index contributed by atoms with van der Waals surface area (Å²) in [6.07, 6.45) is 4.61. The predicted molar refractivity (Wildman–Crippen MR) is 96.3 cm³/mol. The van der Waals surface area contributed by atoms with E-state index in [1.54, 1.807) is 20.3 Å². The molecule has 0 aromatic heterocycles. The molecule has 0 aliphatic carbocycles. The first kappa shape index (κ1) is 19.2. The van der Waals surface area contributed by atoms with Crippen LogP contribution in [0.1, 0.15) is 5.56 Å². The van der Waals surface area contributed by atoms with E-state index < -0.39 is 6.10 Å². The zero-order valence-corrected chi connectivity index (χ0v) is 14.8. The van der Waals surface area contributed by atoms with Crippen molar-refractivity contribution in [3.63, 3.8) is 0 Å². The first-order chi connectivity index (χ1) is 12.2. The summed E-state index contributed by atoms with van der Waals surface area (Å²) in [5.41, 5.74) is 0.955. The average Bonchev–Trinajstić information content (AvgIpc) is 2.65. The molecule has 0 amide bonds. The van der Waals surface area contributed by atoms with Crippen LogP contribution in [0.15, 0.2) is 29.4 Å². The van der Waals surface area contributed by atoms with Crippen molar-refractivity contribution in [1.82, 2.24) is 4.90 Å². The lowest BCUT2D eigenvalue weighted by Gasteiger charge is -2.28. The van der Waals surface area contributed by atoms with Gasteiger partial charge in [-0.05, 0) is 23.8 Å². The lowest BCUT2D eigenvalue weighted by molar-refractivity contribution is -0.0128. The van der Waals surface area contributed by atoms with Crippen LogP contribution in [0.25, 0.3) is 6.08 Å². The van der Waals surface area contributed by atoms with E-state index in [1.165, 1.54) is 6.21 Å². The maximum absolute atomic E-state index is 9.92. The van der Waals surface area contributed by atoms with Gasteiger partial charge in [0.25, 0.3) is 0 Å². The van der Waals surface area contributed by atoms with Crippen molar-refractivity contribution in [3.8, 4) is 11.5 Å². The number of hydrogen-bond donors (Lipinski definition) is 1. The molecule has 7 nitrogen and oxygen atoms in total. The van der Waals surface area contributed by atoms with Gasteiger partial charge in [0.05, 0.1) is 33.6 Å². The number of aliphatic hydroxyl groups excluding tert-OH is 1. The van der Waals surface area contributed by atoms with Gasteiger partial charge in [0.2, 0.25) is 0 Å². The van der Waals surface area contributed by atoms with E-state index in [4.69, 9.17) is 19.0 Å². The predicted octanol–water partition coefficient (Wildman–Crippen LogP) is 1.41. The Morgan fingerprint density at radius 2 is 2.00 bits per heavy atom. The van der Waals surface area contributed by atoms with Crippen molar-refractivity contribution in [1.29, 1.82) is 0 Å². The molecule has 0 saturated carbocycles. The van der Waals surface area contributed by atoms with Gasteiger partial charge >= 0.3 is 0 Å². The van der Waals surface area contributed by atoms with Gasteiger partial charge in [-0.25, -0.2) is 0 Å². The molecule has 0 bridgehead atoms. The first-order valence-electron chi connectivity index (χ1n) is 8.25. The topological polar surface area (TPSA) is 72.8 Å². The molecule has 1 saturated heterocycles. The van der Waals surface area contributed by atoms with Gasteiger partial charge in [0, 0.05) is 19.6 Å². The van der Waals surface area contributed by atoms with Gasteiger partial charge in [0.1, 0.15) is 12.7 Å². The van der Waals surface area contributed by atoms with Gasteiger partial charge in [-0.2, -0.15) is 0 Å². The third-order valence-corrected chi connectivity index (χ3v) is 3.76. The molecule has 1 fully saturated rings. The molecule has 7 heteroatoms.